The minimum atomic E-state index is -0.923. The molecule has 0 unspecified atom stereocenters. The predicted octanol–water partition coefficient (Wildman–Crippen LogP) is 1.61. The first kappa shape index (κ1) is 12.8. The number of nitrogens with one attached hydrogen (secondary N) is 2. The van der Waals surface area contributed by atoms with E-state index in [9.17, 15) is 9.59 Å². The largest absolute Gasteiger partial charge is 0.333 e. The van der Waals surface area contributed by atoms with Gasteiger partial charge in [0.15, 0.2) is 0 Å². The van der Waals surface area contributed by atoms with Gasteiger partial charge in [0.1, 0.15) is 0 Å². The van der Waals surface area contributed by atoms with Gasteiger partial charge in [-0.25, -0.2) is 5.48 Å². The summed E-state index contributed by atoms with van der Waals surface area (Å²) >= 11 is 11.5. The van der Waals surface area contributed by atoms with E-state index in [0.717, 1.165) is 0 Å². The summed E-state index contributed by atoms with van der Waals surface area (Å²) in [5, 5.41) is 2.98. The number of halogens is 2. The summed E-state index contributed by atoms with van der Waals surface area (Å²) < 4.78 is 0. The third-order valence-corrected chi connectivity index (χ3v) is 2.13. The van der Waals surface area contributed by atoms with Crippen LogP contribution in [0.1, 0.15) is 0 Å². The molecule has 0 radical (unpaired) electrons. The van der Waals surface area contributed by atoms with Gasteiger partial charge in [-0.2, -0.15) is 0 Å². The number of amides is 2. The van der Waals surface area contributed by atoms with Crippen molar-refractivity contribution < 1.29 is 14.4 Å². The smallest absolute Gasteiger partial charge is 0.316 e. The Morgan fingerprint density at radius 1 is 1.25 bits per heavy atom. The first-order valence-corrected chi connectivity index (χ1v) is 4.89. The average Bonchev–Trinajstić information content (AvgIpc) is 2.22. The summed E-state index contributed by atoms with van der Waals surface area (Å²) in [6.45, 7) is 0. The number of hydrogen-bond donors (Lipinski definition) is 2. The van der Waals surface area contributed by atoms with Crippen LogP contribution in [-0.2, 0) is 14.4 Å². The normalized spacial score (nSPS) is 9.69. The second-order valence-corrected chi connectivity index (χ2v) is 3.56. The fourth-order valence-electron chi connectivity index (χ4n) is 0.909. The minimum Gasteiger partial charge on any atom is -0.316 e. The highest BCUT2D eigenvalue weighted by Gasteiger charge is 2.14. The van der Waals surface area contributed by atoms with Gasteiger partial charge in [0.05, 0.1) is 17.8 Å². The van der Waals surface area contributed by atoms with Gasteiger partial charge in [-0.15, -0.1) is 0 Å². The Morgan fingerprint density at radius 2 is 1.94 bits per heavy atom. The Morgan fingerprint density at radius 3 is 2.50 bits per heavy atom. The molecule has 0 saturated heterocycles. The van der Waals surface area contributed by atoms with Crippen LogP contribution < -0.4 is 10.8 Å². The van der Waals surface area contributed by atoms with E-state index in [1.54, 1.807) is 0 Å². The molecule has 0 atom stereocenters. The maximum absolute atomic E-state index is 11.2. The Balaban J connectivity index is 2.73. The number of carbonyl (C=O) groups is 2. The van der Waals surface area contributed by atoms with Crippen LogP contribution in [0, 0.1) is 0 Å². The summed E-state index contributed by atoms with van der Waals surface area (Å²) in [6, 6.07) is 4.48. The van der Waals surface area contributed by atoms with Gasteiger partial charge < -0.3 is 5.32 Å². The predicted molar refractivity (Wildman–Crippen MR) is 60.2 cm³/mol. The van der Waals surface area contributed by atoms with Crippen molar-refractivity contribution in [3.63, 3.8) is 0 Å². The second-order valence-electron chi connectivity index (χ2n) is 2.71. The molecule has 0 heterocycles. The molecule has 86 valence electrons. The maximum Gasteiger partial charge on any atom is 0.333 e. The molecule has 1 aromatic carbocycles. The molecule has 0 aromatic heterocycles. The van der Waals surface area contributed by atoms with Crippen molar-refractivity contribution in [2.75, 3.05) is 12.4 Å². The number of hydrogen-bond acceptors (Lipinski definition) is 3. The van der Waals surface area contributed by atoms with Crippen LogP contribution in [0.2, 0.25) is 10.0 Å². The zero-order valence-electron chi connectivity index (χ0n) is 8.21. The molecule has 1 rings (SSSR count). The van der Waals surface area contributed by atoms with Gasteiger partial charge in [0.25, 0.3) is 0 Å². The first-order chi connectivity index (χ1) is 7.54. The van der Waals surface area contributed by atoms with E-state index in [4.69, 9.17) is 23.2 Å². The Bertz CT molecular complexity index is 423. The van der Waals surface area contributed by atoms with Crippen molar-refractivity contribution in [3.8, 4) is 0 Å². The lowest BCUT2D eigenvalue weighted by molar-refractivity contribution is -0.142. The first-order valence-electron chi connectivity index (χ1n) is 4.14. The summed E-state index contributed by atoms with van der Waals surface area (Å²) in [5.74, 6) is -1.81. The van der Waals surface area contributed by atoms with Crippen molar-refractivity contribution >= 4 is 40.7 Å². The molecule has 0 fully saturated rings. The third-order valence-electron chi connectivity index (χ3n) is 1.58. The third kappa shape index (κ3) is 3.37. The highest BCUT2D eigenvalue weighted by atomic mass is 35.5. The van der Waals surface area contributed by atoms with E-state index in [0.29, 0.717) is 10.7 Å². The topological polar surface area (TPSA) is 67.4 Å². The molecule has 5 nitrogen and oxygen atoms in total. The molecule has 2 N–H and O–H groups in total. The molecule has 2 amide bonds. The van der Waals surface area contributed by atoms with Crippen molar-refractivity contribution in [1.82, 2.24) is 5.48 Å². The molecule has 0 aliphatic carbocycles. The number of anilines is 1. The maximum atomic E-state index is 11.2. The van der Waals surface area contributed by atoms with Gasteiger partial charge in [0, 0.05) is 5.02 Å². The molecule has 0 bridgehead atoms. The minimum absolute atomic E-state index is 0.242. The molecule has 0 spiro atoms. The van der Waals surface area contributed by atoms with Crippen LogP contribution in [0.15, 0.2) is 18.2 Å². The van der Waals surface area contributed by atoms with E-state index in [1.165, 1.54) is 25.3 Å². The van der Waals surface area contributed by atoms with Crippen LogP contribution >= 0.6 is 23.2 Å². The van der Waals surface area contributed by atoms with Crippen molar-refractivity contribution in [3.05, 3.63) is 28.2 Å². The van der Waals surface area contributed by atoms with E-state index in [2.05, 4.69) is 10.2 Å². The van der Waals surface area contributed by atoms with Crippen LogP contribution in [0.3, 0.4) is 0 Å². The second kappa shape index (κ2) is 5.69. The van der Waals surface area contributed by atoms with Gasteiger partial charge >= 0.3 is 11.8 Å². The number of carbonyl (C=O) groups excluding carboxylic acids is 2. The van der Waals surface area contributed by atoms with E-state index in [1.807, 2.05) is 5.48 Å². The van der Waals surface area contributed by atoms with Gasteiger partial charge in [0.2, 0.25) is 0 Å². The van der Waals surface area contributed by atoms with E-state index in [-0.39, 0.29) is 5.02 Å². The molecule has 0 aliphatic rings. The molecule has 0 aliphatic heterocycles. The lowest BCUT2D eigenvalue weighted by Crippen LogP contribution is -2.34. The monoisotopic (exact) mass is 262 g/mol. The van der Waals surface area contributed by atoms with Crippen LogP contribution in [-0.4, -0.2) is 18.9 Å². The highest BCUT2D eigenvalue weighted by molar-refractivity contribution is 6.41. The number of hydroxylamine groups is 1. The fraction of sp³-hybridized carbons (Fsp3) is 0.111. The highest BCUT2D eigenvalue weighted by Crippen LogP contribution is 2.25. The quantitative estimate of drug-likeness (QED) is 0.629. The Kier molecular flexibility index (Phi) is 4.54. The zero-order chi connectivity index (χ0) is 12.1. The number of rotatable bonds is 2. The molecule has 7 heteroatoms. The Hall–Kier alpha value is -1.30. The summed E-state index contributed by atoms with van der Waals surface area (Å²) in [4.78, 5) is 26.6. The van der Waals surface area contributed by atoms with Gasteiger partial charge in [-0.1, -0.05) is 23.2 Å². The van der Waals surface area contributed by atoms with Crippen molar-refractivity contribution in [2.24, 2.45) is 0 Å². The number of benzene rings is 1. The summed E-state index contributed by atoms with van der Waals surface area (Å²) in [5.41, 5.74) is 2.17. The van der Waals surface area contributed by atoms with Crippen molar-refractivity contribution in [1.29, 1.82) is 0 Å². The molecule has 1 aromatic rings. The van der Waals surface area contributed by atoms with Crippen molar-refractivity contribution in [2.45, 2.75) is 0 Å². The lowest BCUT2D eigenvalue weighted by Gasteiger charge is -2.06. The SMILES string of the molecule is CONC(=O)C(=O)Nc1ccc(Cl)cc1Cl. The summed E-state index contributed by atoms with van der Waals surface area (Å²) in [6.07, 6.45) is 0. The summed E-state index contributed by atoms with van der Waals surface area (Å²) in [7, 11) is 1.22. The van der Waals surface area contributed by atoms with Crippen LogP contribution in [0.25, 0.3) is 0 Å². The lowest BCUT2D eigenvalue weighted by atomic mass is 10.3. The molecule has 0 saturated carbocycles. The standard InChI is InChI=1S/C9H8Cl2N2O3/c1-16-13-9(15)8(14)12-7-3-2-5(10)4-6(7)11/h2-4H,1H3,(H,12,14)(H,13,15). The average molecular weight is 263 g/mol. The fourth-order valence-corrected chi connectivity index (χ4v) is 1.36. The van der Waals surface area contributed by atoms with E-state index >= 15 is 0 Å². The molecular weight excluding hydrogens is 255 g/mol. The van der Waals surface area contributed by atoms with Gasteiger partial charge in [-0.3, -0.25) is 14.4 Å². The zero-order valence-corrected chi connectivity index (χ0v) is 9.72. The van der Waals surface area contributed by atoms with E-state index < -0.39 is 11.8 Å². The van der Waals surface area contributed by atoms with Crippen LogP contribution in [0.4, 0.5) is 5.69 Å². The van der Waals surface area contributed by atoms with Crippen LogP contribution in [0.5, 0.6) is 0 Å². The molecular formula is C9H8Cl2N2O3. The van der Waals surface area contributed by atoms with Gasteiger partial charge in [-0.05, 0) is 18.2 Å². The molecule has 16 heavy (non-hydrogen) atoms. The Labute approximate surface area is 102 Å².